The number of aromatic nitrogens is 3. The van der Waals surface area contributed by atoms with Crippen LogP contribution in [0.2, 0.25) is 0 Å². The number of hydrogen-bond acceptors (Lipinski definition) is 4. The normalized spacial score (nSPS) is 24.9. The van der Waals surface area contributed by atoms with Crippen LogP contribution in [-0.2, 0) is 4.74 Å². The molecular weight excluding hydrogens is 227 g/mol. The van der Waals surface area contributed by atoms with Crippen LogP contribution in [0.3, 0.4) is 0 Å². The number of nitrogens with one attached hydrogen (secondary N) is 1. The van der Waals surface area contributed by atoms with Gasteiger partial charge in [0.1, 0.15) is 12.5 Å². The minimum absolute atomic E-state index is 0.0458. The van der Waals surface area contributed by atoms with E-state index >= 15 is 0 Å². The first-order chi connectivity index (χ1) is 8.22. The number of hydrogen-bond donors (Lipinski definition) is 1. The lowest BCUT2D eigenvalue weighted by Gasteiger charge is -2.33. The first-order valence-corrected chi connectivity index (χ1v) is 5.63. The molecule has 1 N–H and O–H groups in total. The number of ether oxygens (including phenoxy) is 1. The molecule has 1 aliphatic rings. The largest absolute Gasteiger partial charge is 0.375 e. The number of carbonyl (C=O) groups excluding carboxylic acids is 1. The second-order valence-electron chi connectivity index (χ2n) is 3.89. The van der Waals surface area contributed by atoms with Crippen LogP contribution >= 0.6 is 0 Å². The third kappa shape index (κ3) is 2.60. The highest BCUT2D eigenvalue weighted by Gasteiger charge is 2.33. The van der Waals surface area contributed by atoms with Gasteiger partial charge in [-0.05, 0) is 13.3 Å². The summed E-state index contributed by atoms with van der Waals surface area (Å²) in [5.74, 6) is -0.174. The number of aromatic amines is 1. The van der Waals surface area contributed by atoms with Crippen LogP contribution in [-0.4, -0.2) is 58.0 Å². The van der Waals surface area contributed by atoms with Crippen molar-refractivity contribution < 1.29 is 13.9 Å². The third-order valence-corrected chi connectivity index (χ3v) is 2.77. The molecule has 1 aromatic heterocycles. The highest BCUT2D eigenvalue weighted by Crippen LogP contribution is 2.18. The smallest absolute Gasteiger partial charge is 0.291 e. The Morgan fingerprint density at radius 3 is 3.18 bits per heavy atom. The molecule has 0 saturated carbocycles. The molecule has 2 atom stereocenters. The third-order valence-electron chi connectivity index (χ3n) is 2.77. The SMILES string of the molecule is CCO[C@H]1CCN(C(=O)c2nnc[nH]2)C[C@H]1F. The van der Waals surface area contributed by atoms with Gasteiger partial charge in [-0.3, -0.25) is 4.79 Å². The van der Waals surface area contributed by atoms with Gasteiger partial charge < -0.3 is 14.6 Å². The minimum atomic E-state index is -1.14. The van der Waals surface area contributed by atoms with Crippen molar-refractivity contribution in [2.75, 3.05) is 19.7 Å². The number of halogens is 1. The van der Waals surface area contributed by atoms with Crippen molar-refractivity contribution in [3.63, 3.8) is 0 Å². The molecule has 0 unspecified atom stereocenters. The highest BCUT2D eigenvalue weighted by atomic mass is 19.1. The number of amides is 1. The van der Waals surface area contributed by atoms with Crippen molar-refractivity contribution in [2.24, 2.45) is 0 Å². The van der Waals surface area contributed by atoms with Crippen molar-refractivity contribution in [1.29, 1.82) is 0 Å². The number of H-pyrrole nitrogens is 1. The fourth-order valence-electron chi connectivity index (χ4n) is 1.93. The first kappa shape index (κ1) is 12.0. The fourth-order valence-corrected chi connectivity index (χ4v) is 1.93. The molecule has 0 aromatic carbocycles. The van der Waals surface area contributed by atoms with Gasteiger partial charge >= 0.3 is 0 Å². The van der Waals surface area contributed by atoms with Crippen LogP contribution in [0.5, 0.6) is 0 Å². The molecule has 1 saturated heterocycles. The summed E-state index contributed by atoms with van der Waals surface area (Å²) in [4.78, 5) is 15.9. The molecule has 1 fully saturated rings. The molecule has 2 rings (SSSR count). The zero-order chi connectivity index (χ0) is 12.3. The Balaban J connectivity index is 1.95. The Morgan fingerprint density at radius 1 is 1.76 bits per heavy atom. The molecule has 1 amide bonds. The summed E-state index contributed by atoms with van der Waals surface area (Å²) in [7, 11) is 0. The van der Waals surface area contributed by atoms with Crippen LogP contribution in [0, 0.1) is 0 Å². The van der Waals surface area contributed by atoms with Gasteiger partial charge in [0.2, 0.25) is 5.82 Å². The number of rotatable bonds is 3. The molecule has 17 heavy (non-hydrogen) atoms. The maximum Gasteiger partial charge on any atom is 0.291 e. The second kappa shape index (κ2) is 5.22. The molecule has 0 bridgehead atoms. The summed E-state index contributed by atoms with van der Waals surface area (Å²) in [6.07, 6.45) is 0.288. The Bertz CT molecular complexity index is 370. The van der Waals surface area contributed by atoms with Crippen molar-refractivity contribution in [2.45, 2.75) is 25.6 Å². The number of piperidine rings is 1. The molecular formula is C10H15FN4O2. The van der Waals surface area contributed by atoms with Crippen molar-refractivity contribution in [1.82, 2.24) is 20.1 Å². The van der Waals surface area contributed by atoms with E-state index in [1.165, 1.54) is 11.2 Å². The van der Waals surface area contributed by atoms with Gasteiger partial charge in [0.15, 0.2) is 0 Å². The fraction of sp³-hybridized carbons (Fsp3) is 0.700. The number of nitrogens with zero attached hydrogens (tertiary/aromatic N) is 3. The maximum absolute atomic E-state index is 13.7. The molecule has 1 aliphatic heterocycles. The van der Waals surface area contributed by atoms with E-state index in [4.69, 9.17) is 4.74 Å². The standard InChI is InChI=1S/C10H15FN4O2/c1-2-17-8-3-4-15(5-7(8)11)10(16)9-12-6-13-14-9/h6-8H,2-5H2,1H3,(H,12,13,14)/t7-,8+/m1/s1. The monoisotopic (exact) mass is 242 g/mol. The topological polar surface area (TPSA) is 71.1 Å². The average Bonchev–Trinajstić information content (AvgIpc) is 2.84. The first-order valence-electron chi connectivity index (χ1n) is 5.63. The number of likely N-dealkylation sites (tertiary alicyclic amines) is 1. The zero-order valence-corrected chi connectivity index (χ0v) is 9.60. The van der Waals surface area contributed by atoms with Crippen molar-refractivity contribution >= 4 is 5.91 Å². The van der Waals surface area contributed by atoms with Gasteiger partial charge in [-0.25, -0.2) is 4.39 Å². The van der Waals surface area contributed by atoms with E-state index in [0.29, 0.717) is 19.6 Å². The Labute approximate surface area is 98.2 Å². The predicted octanol–water partition coefficient (Wildman–Crippen LogP) is 0.394. The van der Waals surface area contributed by atoms with Crippen LogP contribution in [0.25, 0.3) is 0 Å². The van der Waals surface area contributed by atoms with Gasteiger partial charge in [-0.2, -0.15) is 0 Å². The van der Waals surface area contributed by atoms with E-state index in [-0.39, 0.29) is 18.3 Å². The Kier molecular flexibility index (Phi) is 3.68. The molecule has 0 aliphatic carbocycles. The van der Waals surface area contributed by atoms with Gasteiger partial charge in [-0.1, -0.05) is 0 Å². The van der Waals surface area contributed by atoms with E-state index in [9.17, 15) is 9.18 Å². The number of alkyl halides is 1. The van der Waals surface area contributed by atoms with Gasteiger partial charge in [-0.15, -0.1) is 10.2 Å². The van der Waals surface area contributed by atoms with Crippen LogP contribution in [0.1, 0.15) is 24.0 Å². The minimum Gasteiger partial charge on any atom is -0.375 e. The van der Waals surface area contributed by atoms with Crippen LogP contribution < -0.4 is 0 Å². The summed E-state index contributed by atoms with van der Waals surface area (Å²) < 4.78 is 19.0. The molecule has 0 radical (unpaired) electrons. The van der Waals surface area contributed by atoms with Gasteiger partial charge in [0.05, 0.1) is 12.6 Å². The second-order valence-corrected chi connectivity index (χ2v) is 3.89. The lowest BCUT2D eigenvalue weighted by Crippen LogP contribution is -2.48. The van der Waals surface area contributed by atoms with Crippen molar-refractivity contribution in [3.8, 4) is 0 Å². The Hall–Kier alpha value is -1.50. The van der Waals surface area contributed by atoms with E-state index in [2.05, 4.69) is 15.2 Å². The summed E-state index contributed by atoms with van der Waals surface area (Å²) in [5.41, 5.74) is 0. The maximum atomic E-state index is 13.7. The zero-order valence-electron chi connectivity index (χ0n) is 9.60. The lowest BCUT2D eigenvalue weighted by molar-refractivity contribution is -0.0363. The Morgan fingerprint density at radius 2 is 2.59 bits per heavy atom. The molecule has 6 nitrogen and oxygen atoms in total. The summed E-state index contributed by atoms with van der Waals surface area (Å²) in [6, 6.07) is 0. The summed E-state index contributed by atoms with van der Waals surface area (Å²) in [6.45, 7) is 2.84. The molecule has 2 heterocycles. The van der Waals surface area contributed by atoms with E-state index in [1.54, 1.807) is 0 Å². The predicted molar refractivity (Wildman–Crippen MR) is 57.2 cm³/mol. The molecule has 1 aromatic rings. The van der Waals surface area contributed by atoms with E-state index < -0.39 is 12.3 Å². The summed E-state index contributed by atoms with van der Waals surface area (Å²) in [5, 5.41) is 7.15. The number of carbonyl (C=O) groups is 1. The van der Waals surface area contributed by atoms with Gasteiger partial charge in [0, 0.05) is 13.2 Å². The van der Waals surface area contributed by atoms with Crippen molar-refractivity contribution in [3.05, 3.63) is 12.2 Å². The van der Waals surface area contributed by atoms with E-state index in [1.807, 2.05) is 6.92 Å². The van der Waals surface area contributed by atoms with E-state index in [0.717, 1.165) is 0 Å². The molecule has 7 heteroatoms. The highest BCUT2D eigenvalue weighted by molar-refractivity contribution is 5.90. The quantitative estimate of drug-likeness (QED) is 0.832. The molecule has 94 valence electrons. The lowest BCUT2D eigenvalue weighted by atomic mass is 10.1. The van der Waals surface area contributed by atoms with Crippen LogP contribution in [0.15, 0.2) is 6.33 Å². The van der Waals surface area contributed by atoms with Gasteiger partial charge in [0.25, 0.3) is 5.91 Å². The molecule has 0 spiro atoms. The summed E-state index contributed by atoms with van der Waals surface area (Å²) >= 11 is 0. The van der Waals surface area contributed by atoms with Crippen LogP contribution in [0.4, 0.5) is 4.39 Å². The average molecular weight is 242 g/mol.